The van der Waals surface area contributed by atoms with Crippen LogP contribution < -0.4 is 16.0 Å². The first kappa shape index (κ1) is 26.1. The highest BCUT2D eigenvalue weighted by molar-refractivity contribution is 5.95. The van der Waals surface area contributed by atoms with Crippen LogP contribution in [0.1, 0.15) is 103 Å². The zero-order valence-electron chi connectivity index (χ0n) is 21.1. The molecule has 6 heteroatoms. The van der Waals surface area contributed by atoms with Gasteiger partial charge in [0.2, 0.25) is 0 Å². The number of esters is 1. The fourth-order valence-corrected chi connectivity index (χ4v) is 4.94. The lowest BCUT2D eigenvalue weighted by atomic mass is 9.90. The third-order valence-electron chi connectivity index (χ3n) is 7.01. The number of benzene rings is 1. The Morgan fingerprint density at radius 1 is 1.00 bits per heavy atom. The van der Waals surface area contributed by atoms with E-state index in [1.165, 1.54) is 51.4 Å². The fraction of sp³-hybridized carbons (Fsp3) is 0.643. The highest BCUT2D eigenvalue weighted by Gasteiger charge is 2.33. The third kappa shape index (κ3) is 7.78. The molecule has 188 valence electrons. The summed E-state index contributed by atoms with van der Waals surface area (Å²) in [5, 5.41) is 9.23. The lowest BCUT2D eigenvalue weighted by molar-refractivity contribution is -0.141. The Bertz CT molecular complexity index is 813. The van der Waals surface area contributed by atoms with Crippen LogP contribution >= 0.6 is 0 Å². The molecule has 1 unspecified atom stereocenters. The molecule has 0 bridgehead atoms. The lowest BCUT2D eigenvalue weighted by Crippen LogP contribution is -2.46. The maximum absolute atomic E-state index is 13.2. The number of carbonyl (C=O) groups excluding carboxylic acids is 2. The van der Waals surface area contributed by atoms with Gasteiger partial charge in [-0.25, -0.2) is 9.59 Å². The Labute approximate surface area is 205 Å². The van der Waals surface area contributed by atoms with E-state index in [-0.39, 0.29) is 12.0 Å². The average Bonchev–Trinajstić information content (AvgIpc) is 2.87. The van der Waals surface area contributed by atoms with E-state index < -0.39 is 6.04 Å². The van der Waals surface area contributed by atoms with Crippen LogP contribution in [0, 0.1) is 5.92 Å². The number of ether oxygens (including phenoxy) is 1. The van der Waals surface area contributed by atoms with Crippen LogP contribution in [-0.2, 0) is 9.53 Å². The molecule has 2 amide bonds. The quantitative estimate of drug-likeness (QED) is 0.225. The van der Waals surface area contributed by atoms with Crippen molar-refractivity contribution in [3.8, 4) is 0 Å². The Balaban J connectivity index is 1.60. The summed E-state index contributed by atoms with van der Waals surface area (Å²) in [4.78, 5) is 25.5. The number of anilines is 1. The van der Waals surface area contributed by atoms with Crippen molar-refractivity contribution >= 4 is 17.7 Å². The van der Waals surface area contributed by atoms with Crippen molar-refractivity contribution in [2.75, 3.05) is 18.5 Å². The summed E-state index contributed by atoms with van der Waals surface area (Å²) in [6.07, 6.45) is 14.2. The molecule has 34 heavy (non-hydrogen) atoms. The molecule has 0 saturated heterocycles. The molecule has 3 N–H and O–H groups in total. The topological polar surface area (TPSA) is 79.5 Å². The first-order valence-electron chi connectivity index (χ1n) is 13.4. The molecule has 1 heterocycles. The molecule has 1 aliphatic carbocycles. The second-order valence-corrected chi connectivity index (χ2v) is 9.70. The molecule has 0 aromatic heterocycles. The second kappa shape index (κ2) is 14.0. The van der Waals surface area contributed by atoms with Crippen LogP contribution in [-0.4, -0.2) is 25.2 Å². The molecule has 0 spiro atoms. The molecule has 6 nitrogen and oxygen atoms in total. The molecular formula is C28H43N3O3. The zero-order chi connectivity index (χ0) is 24.2. The fourth-order valence-electron chi connectivity index (χ4n) is 4.94. The summed E-state index contributed by atoms with van der Waals surface area (Å²) >= 11 is 0. The van der Waals surface area contributed by atoms with Crippen molar-refractivity contribution in [3.63, 3.8) is 0 Å². The van der Waals surface area contributed by atoms with Gasteiger partial charge in [0.25, 0.3) is 0 Å². The minimum atomic E-state index is -0.504. The Morgan fingerprint density at radius 3 is 2.41 bits per heavy atom. The predicted octanol–water partition coefficient (Wildman–Crippen LogP) is 6.60. The number of unbranched alkanes of at least 4 members (excludes halogenated alkanes) is 5. The normalized spacial score (nSPS) is 18.9. The Hall–Kier alpha value is -2.50. The van der Waals surface area contributed by atoms with Crippen LogP contribution in [0.25, 0.3) is 0 Å². The number of carbonyl (C=O) groups is 2. The standard InChI is InChI=1S/C28H43N3O3/c1-3-5-6-7-8-12-19-29-23-17-15-22(16-18-23)26-25(24(4-2)30-28(33)31-26)27(32)34-20-21-13-10-9-11-14-21/h15-18,21,26,29H,3-14,19-20H2,1-2H3,(H2,30,31,33). The molecule has 1 saturated carbocycles. The second-order valence-electron chi connectivity index (χ2n) is 9.70. The van der Waals surface area contributed by atoms with Gasteiger partial charge in [-0.3, -0.25) is 0 Å². The van der Waals surface area contributed by atoms with Gasteiger partial charge in [0.05, 0.1) is 18.2 Å². The minimum absolute atomic E-state index is 0.282. The number of rotatable bonds is 13. The van der Waals surface area contributed by atoms with Gasteiger partial charge in [0, 0.05) is 17.9 Å². The van der Waals surface area contributed by atoms with Gasteiger partial charge in [-0.15, -0.1) is 0 Å². The van der Waals surface area contributed by atoms with Crippen LogP contribution in [0.4, 0.5) is 10.5 Å². The summed E-state index contributed by atoms with van der Waals surface area (Å²) in [6, 6.07) is 7.24. The monoisotopic (exact) mass is 469 g/mol. The summed E-state index contributed by atoms with van der Waals surface area (Å²) in [5.74, 6) is 0.121. The summed E-state index contributed by atoms with van der Waals surface area (Å²) in [5.41, 5.74) is 3.10. The molecule has 1 aromatic carbocycles. The van der Waals surface area contributed by atoms with E-state index in [1.807, 2.05) is 31.2 Å². The van der Waals surface area contributed by atoms with Gasteiger partial charge in [0.1, 0.15) is 0 Å². The predicted molar refractivity (Wildman–Crippen MR) is 138 cm³/mol. The van der Waals surface area contributed by atoms with Crippen molar-refractivity contribution < 1.29 is 14.3 Å². The van der Waals surface area contributed by atoms with Gasteiger partial charge in [-0.2, -0.15) is 0 Å². The Kier molecular flexibility index (Phi) is 10.8. The summed E-state index contributed by atoms with van der Waals surface area (Å²) in [7, 11) is 0. The lowest BCUT2D eigenvalue weighted by Gasteiger charge is -2.30. The van der Waals surface area contributed by atoms with E-state index >= 15 is 0 Å². The van der Waals surface area contributed by atoms with Crippen molar-refractivity contribution in [2.24, 2.45) is 5.92 Å². The highest BCUT2D eigenvalue weighted by atomic mass is 16.5. The molecule has 1 aliphatic heterocycles. The van der Waals surface area contributed by atoms with Crippen molar-refractivity contribution in [2.45, 2.75) is 96.9 Å². The smallest absolute Gasteiger partial charge is 0.338 e. The number of amides is 2. The molecule has 2 aliphatic rings. The number of nitrogens with one attached hydrogen (secondary N) is 3. The van der Waals surface area contributed by atoms with Gasteiger partial charge in [-0.05, 0) is 49.3 Å². The average molecular weight is 470 g/mol. The van der Waals surface area contributed by atoms with Crippen molar-refractivity contribution in [3.05, 3.63) is 41.1 Å². The van der Waals surface area contributed by atoms with Gasteiger partial charge in [0.15, 0.2) is 0 Å². The van der Waals surface area contributed by atoms with E-state index in [9.17, 15) is 9.59 Å². The van der Waals surface area contributed by atoms with Crippen molar-refractivity contribution in [1.29, 1.82) is 0 Å². The first-order valence-corrected chi connectivity index (χ1v) is 13.4. The number of hydrogen-bond donors (Lipinski definition) is 3. The SMILES string of the molecule is CCCCCCCCNc1ccc(C2NC(=O)NC(CC)=C2C(=O)OCC2CCCCC2)cc1. The first-order chi connectivity index (χ1) is 16.6. The molecule has 1 atom stereocenters. The highest BCUT2D eigenvalue weighted by Crippen LogP contribution is 2.31. The number of hydrogen-bond acceptors (Lipinski definition) is 4. The largest absolute Gasteiger partial charge is 0.462 e. The molecule has 0 radical (unpaired) electrons. The van der Waals surface area contributed by atoms with Crippen LogP contribution in [0.15, 0.2) is 35.5 Å². The van der Waals surface area contributed by atoms with E-state index in [0.717, 1.165) is 37.1 Å². The molecule has 1 aromatic rings. The van der Waals surface area contributed by atoms with Crippen molar-refractivity contribution in [1.82, 2.24) is 10.6 Å². The molecule has 1 fully saturated rings. The van der Waals surface area contributed by atoms with E-state index in [2.05, 4.69) is 22.9 Å². The number of urea groups is 1. The van der Waals surface area contributed by atoms with E-state index in [1.54, 1.807) is 0 Å². The zero-order valence-corrected chi connectivity index (χ0v) is 21.1. The van der Waals surface area contributed by atoms with Gasteiger partial charge < -0.3 is 20.7 Å². The summed E-state index contributed by atoms with van der Waals surface area (Å²) in [6.45, 7) is 5.60. The molecular weight excluding hydrogens is 426 g/mol. The Morgan fingerprint density at radius 2 is 1.71 bits per heavy atom. The minimum Gasteiger partial charge on any atom is -0.462 e. The summed E-state index contributed by atoms with van der Waals surface area (Å²) < 4.78 is 5.76. The maximum atomic E-state index is 13.2. The third-order valence-corrected chi connectivity index (χ3v) is 7.01. The van der Waals surface area contributed by atoms with E-state index in [4.69, 9.17) is 4.74 Å². The molecule has 3 rings (SSSR count). The van der Waals surface area contributed by atoms with Crippen LogP contribution in [0.5, 0.6) is 0 Å². The van der Waals surface area contributed by atoms with E-state index in [0.29, 0.717) is 30.2 Å². The maximum Gasteiger partial charge on any atom is 0.338 e. The van der Waals surface area contributed by atoms with Crippen LogP contribution in [0.3, 0.4) is 0 Å². The number of allylic oxidation sites excluding steroid dienone is 1. The van der Waals surface area contributed by atoms with Crippen LogP contribution in [0.2, 0.25) is 0 Å². The van der Waals surface area contributed by atoms with Gasteiger partial charge in [-0.1, -0.05) is 77.3 Å². The van der Waals surface area contributed by atoms with Gasteiger partial charge >= 0.3 is 12.0 Å².